The molecule has 0 radical (unpaired) electrons. The molecule has 1 aromatic rings. The van der Waals surface area contributed by atoms with Crippen LogP contribution in [0.25, 0.3) is 0 Å². The van der Waals surface area contributed by atoms with E-state index in [1.54, 1.807) is 0 Å². The van der Waals surface area contributed by atoms with E-state index in [1.807, 2.05) is 0 Å². The molecule has 0 bridgehead atoms. The van der Waals surface area contributed by atoms with Gasteiger partial charge in [0, 0.05) is 19.0 Å². The van der Waals surface area contributed by atoms with Crippen molar-refractivity contribution in [2.75, 3.05) is 11.9 Å². The molecule has 0 aliphatic heterocycles. The molecule has 7 heteroatoms. The first kappa shape index (κ1) is 12.7. The fraction of sp³-hybridized carbons (Fsp3) is 0.556. The summed E-state index contributed by atoms with van der Waals surface area (Å²) in [4.78, 5) is 6.95. The van der Waals surface area contributed by atoms with E-state index in [2.05, 4.69) is 15.3 Å². The molecule has 16 heavy (non-hydrogen) atoms. The third-order valence-corrected chi connectivity index (χ3v) is 1.83. The van der Waals surface area contributed by atoms with E-state index in [-0.39, 0.29) is 12.2 Å². The molecule has 0 atom stereocenters. The minimum Gasteiger partial charge on any atom is -0.370 e. The Morgan fingerprint density at radius 1 is 1.19 bits per heavy atom. The molecular formula is C9H11F4N3. The highest BCUT2D eigenvalue weighted by molar-refractivity contribution is 5.31. The summed E-state index contributed by atoms with van der Waals surface area (Å²) in [6, 6.07) is 1.09. The van der Waals surface area contributed by atoms with E-state index in [0.29, 0.717) is 13.0 Å². The van der Waals surface area contributed by atoms with Crippen LogP contribution in [0, 0.1) is 5.95 Å². The fourth-order valence-corrected chi connectivity index (χ4v) is 1.10. The fourth-order valence-electron chi connectivity index (χ4n) is 1.10. The van der Waals surface area contributed by atoms with Gasteiger partial charge < -0.3 is 5.32 Å². The van der Waals surface area contributed by atoms with E-state index in [4.69, 9.17) is 0 Å². The van der Waals surface area contributed by atoms with Gasteiger partial charge in [0.1, 0.15) is 12.1 Å². The van der Waals surface area contributed by atoms with Gasteiger partial charge in [-0.25, -0.2) is 9.97 Å². The average molecular weight is 237 g/mol. The van der Waals surface area contributed by atoms with Crippen LogP contribution in [0.2, 0.25) is 0 Å². The van der Waals surface area contributed by atoms with E-state index in [1.165, 1.54) is 0 Å². The minimum atomic E-state index is -4.11. The molecule has 1 N–H and O–H groups in total. The summed E-state index contributed by atoms with van der Waals surface area (Å²) >= 11 is 0. The van der Waals surface area contributed by atoms with Gasteiger partial charge in [0.05, 0.1) is 0 Å². The van der Waals surface area contributed by atoms with E-state index < -0.39 is 18.5 Å². The first-order valence-electron chi connectivity index (χ1n) is 4.75. The Kier molecular flexibility index (Phi) is 4.45. The number of anilines is 1. The Hall–Kier alpha value is -1.40. The summed E-state index contributed by atoms with van der Waals surface area (Å²) in [5.41, 5.74) is 0. The number of nitrogens with zero attached hydrogens (tertiary/aromatic N) is 2. The summed E-state index contributed by atoms with van der Waals surface area (Å²) < 4.78 is 47.9. The van der Waals surface area contributed by atoms with Crippen LogP contribution in [-0.2, 0) is 0 Å². The van der Waals surface area contributed by atoms with Gasteiger partial charge in [-0.2, -0.15) is 17.6 Å². The van der Waals surface area contributed by atoms with Crippen molar-refractivity contribution in [1.82, 2.24) is 9.97 Å². The van der Waals surface area contributed by atoms with Crippen LogP contribution in [0.1, 0.15) is 19.3 Å². The van der Waals surface area contributed by atoms with Crippen LogP contribution < -0.4 is 5.32 Å². The highest BCUT2D eigenvalue weighted by atomic mass is 19.4. The number of alkyl halides is 3. The lowest BCUT2D eigenvalue weighted by Crippen LogP contribution is -2.09. The molecule has 0 aliphatic rings. The number of unbranched alkanes of at least 4 members (excludes halogenated alkanes) is 1. The highest BCUT2D eigenvalue weighted by Gasteiger charge is 2.25. The average Bonchev–Trinajstić information content (AvgIpc) is 2.15. The van der Waals surface area contributed by atoms with Crippen molar-refractivity contribution >= 4 is 5.82 Å². The number of rotatable bonds is 5. The molecule has 0 spiro atoms. The predicted molar refractivity (Wildman–Crippen MR) is 50.4 cm³/mol. The minimum absolute atomic E-state index is 0.0457. The Morgan fingerprint density at radius 2 is 1.94 bits per heavy atom. The third-order valence-electron chi connectivity index (χ3n) is 1.83. The van der Waals surface area contributed by atoms with Crippen LogP contribution in [0.15, 0.2) is 12.4 Å². The lowest BCUT2D eigenvalue weighted by molar-refractivity contribution is -0.135. The number of halogens is 4. The van der Waals surface area contributed by atoms with Crippen molar-refractivity contribution in [2.24, 2.45) is 0 Å². The lowest BCUT2D eigenvalue weighted by Gasteiger charge is -2.07. The van der Waals surface area contributed by atoms with Crippen LogP contribution in [0.5, 0.6) is 0 Å². The zero-order valence-electron chi connectivity index (χ0n) is 8.39. The molecule has 3 nitrogen and oxygen atoms in total. The van der Waals surface area contributed by atoms with E-state index in [0.717, 1.165) is 12.4 Å². The Labute approximate surface area is 89.9 Å². The topological polar surface area (TPSA) is 37.8 Å². The van der Waals surface area contributed by atoms with Gasteiger partial charge in [-0.3, -0.25) is 0 Å². The lowest BCUT2D eigenvalue weighted by atomic mass is 10.2. The van der Waals surface area contributed by atoms with Crippen molar-refractivity contribution in [2.45, 2.75) is 25.4 Å². The first-order valence-corrected chi connectivity index (χ1v) is 4.75. The van der Waals surface area contributed by atoms with Crippen LogP contribution in [0.3, 0.4) is 0 Å². The predicted octanol–water partition coefficient (Wildman–Crippen LogP) is 2.76. The van der Waals surface area contributed by atoms with Crippen molar-refractivity contribution in [3.8, 4) is 0 Å². The van der Waals surface area contributed by atoms with Crippen LogP contribution >= 0.6 is 0 Å². The zero-order chi connectivity index (χ0) is 12.0. The van der Waals surface area contributed by atoms with Gasteiger partial charge in [-0.05, 0) is 12.8 Å². The second-order valence-corrected chi connectivity index (χ2v) is 3.23. The molecule has 1 rings (SSSR count). The number of aromatic nitrogens is 2. The maximum atomic E-state index is 12.6. The second kappa shape index (κ2) is 5.62. The highest BCUT2D eigenvalue weighted by Crippen LogP contribution is 2.21. The second-order valence-electron chi connectivity index (χ2n) is 3.23. The van der Waals surface area contributed by atoms with E-state index in [9.17, 15) is 17.6 Å². The molecule has 0 aliphatic carbocycles. The van der Waals surface area contributed by atoms with Crippen molar-refractivity contribution in [1.29, 1.82) is 0 Å². The summed E-state index contributed by atoms with van der Waals surface area (Å²) in [5.74, 6) is -0.396. The summed E-state index contributed by atoms with van der Waals surface area (Å²) in [6.07, 6.45) is -3.46. The first-order chi connectivity index (χ1) is 7.47. The summed E-state index contributed by atoms with van der Waals surface area (Å²) in [6.45, 7) is 0.326. The maximum Gasteiger partial charge on any atom is 0.389 e. The molecular weight excluding hydrogens is 226 g/mol. The molecule has 0 saturated heterocycles. The molecule has 1 aromatic heterocycles. The van der Waals surface area contributed by atoms with Gasteiger partial charge in [0.15, 0.2) is 0 Å². The molecule has 0 fully saturated rings. The van der Waals surface area contributed by atoms with Gasteiger partial charge in [-0.1, -0.05) is 0 Å². The molecule has 0 saturated carbocycles. The monoisotopic (exact) mass is 237 g/mol. The van der Waals surface area contributed by atoms with Crippen molar-refractivity contribution < 1.29 is 17.6 Å². The standard InChI is InChI=1S/C9H11F4N3/c10-7-5-8(16-6-15-7)14-4-2-1-3-9(11,12)13/h5-6H,1-4H2,(H,14,15,16). The smallest absolute Gasteiger partial charge is 0.370 e. The summed E-state index contributed by atoms with van der Waals surface area (Å²) in [5, 5.41) is 2.71. The summed E-state index contributed by atoms with van der Waals surface area (Å²) in [7, 11) is 0. The number of hydrogen-bond acceptors (Lipinski definition) is 3. The van der Waals surface area contributed by atoms with Crippen LogP contribution in [0.4, 0.5) is 23.4 Å². The molecule has 0 unspecified atom stereocenters. The molecule has 1 heterocycles. The van der Waals surface area contributed by atoms with Crippen molar-refractivity contribution in [3.63, 3.8) is 0 Å². The number of nitrogens with one attached hydrogen (secondary N) is 1. The largest absolute Gasteiger partial charge is 0.389 e. The van der Waals surface area contributed by atoms with Crippen LogP contribution in [-0.4, -0.2) is 22.7 Å². The van der Waals surface area contributed by atoms with Gasteiger partial charge >= 0.3 is 6.18 Å². The molecule has 90 valence electrons. The third kappa shape index (κ3) is 5.47. The Morgan fingerprint density at radius 3 is 2.56 bits per heavy atom. The quantitative estimate of drug-likeness (QED) is 0.486. The van der Waals surface area contributed by atoms with Crippen molar-refractivity contribution in [3.05, 3.63) is 18.3 Å². The molecule has 0 amide bonds. The normalized spacial score (nSPS) is 11.5. The van der Waals surface area contributed by atoms with Gasteiger partial charge in [0.25, 0.3) is 0 Å². The zero-order valence-corrected chi connectivity index (χ0v) is 8.39. The van der Waals surface area contributed by atoms with E-state index >= 15 is 0 Å². The number of hydrogen-bond donors (Lipinski definition) is 1. The SMILES string of the molecule is Fc1cc(NCCCCC(F)(F)F)ncn1. The molecule has 0 aromatic carbocycles. The Bertz CT molecular complexity index is 327. The maximum absolute atomic E-state index is 12.6. The van der Waals surface area contributed by atoms with Gasteiger partial charge in [-0.15, -0.1) is 0 Å². The Balaban J connectivity index is 2.17. The van der Waals surface area contributed by atoms with Gasteiger partial charge in [0.2, 0.25) is 5.95 Å².